The van der Waals surface area contributed by atoms with Crippen LogP contribution in [0.1, 0.15) is 48.2 Å². The van der Waals surface area contributed by atoms with Crippen LogP contribution in [-0.2, 0) is 13.1 Å². The number of likely N-dealkylation sites (N-methyl/N-ethyl adjacent to an activating group) is 1. The van der Waals surface area contributed by atoms with Gasteiger partial charge in [0.1, 0.15) is 30.0 Å². The van der Waals surface area contributed by atoms with Crippen LogP contribution in [0.4, 0.5) is 5.82 Å². The zero-order valence-corrected chi connectivity index (χ0v) is 23.9. The summed E-state index contributed by atoms with van der Waals surface area (Å²) in [6.45, 7) is 12.0. The maximum Gasteiger partial charge on any atom is 0.163 e. The zero-order chi connectivity index (χ0) is 27.8. The maximum absolute atomic E-state index is 10.1. The van der Waals surface area contributed by atoms with Crippen molar-refractivity contribution in [1.29, 1.82) is 0 Å². The molecule has 5 rings (SSSR count). The third-order valence-corrected chi connectivity index (χ3v) is 7.26. The number of fused-ring (bicyclic) bond motifs is 1. The van der Waals surface area contributed by atoms with Gasteiger partial charge in [0.05, 0.1) is 40.4 Å². The smallest absolute Gasteiger partial charge is 0.163 e. The standard InChI is InChI=1S/C28H34ClN7O3/c1-15(2)36-24-13-35(12-19(24)10-31-36)28-16(3)26(25-17(4)34-39-18(25)5)32-27(33-28)22-9-21(7-8-23(22)29)38-14-20(37)11-30-6/h7-10,15,20,30,37H,11-14H2,1-6H3/t20-/m1/s1. The molecular formula is C28H34ClN7O3. The van der Waals surface area contributed by atoms with Crippen molar-refractivity contribution in [1.82, 2.24) is 30.2 Å². The molecule has 1 atom stereocenters. The van der Waals surface area contributed by atoms with E-state index in [4.69, 9.17) is 30.8 Å². The zero-order valence-electron chi connectivity index (χ0n) is 23.1. The minimum atomic E-state index is -0.638. The second-order valence-corrected chi connectivity index (χ2v) is 10.6. The number of hydrogen-bond donors (Lipinski definition) is 2. The Hall–Kier alpha value is -3.47. The normalized spacial score (nSPS) is 13.8. The monoisotopic (exact) mass is 551 g/mol. The first-order chi connectivity index (χ1) is 18.7. The van der Waals surface area contributed by atoms with Crippen LogP contribution >= 0.6 is 11.6 Å². The second-order valence-electron chi connectivity index (χ2n) is 10.2. The van der Waals surface area contributed by atoms with Gasteiger partial charge >= 0.3 is 0 Å². The van der Waals surface area contributed by atoms with Crippen LogP contribution in [0.5, 0.6) is 5.75 Å². The molecule has 0 saturated carbocycles. The summed E-state index contributed by atoms with van der Waals surface area (Å²) in [6, 6.07) is 5.62. The number of anilines is 1. The number of rotatable bonds is 9. The minimum Gasteiger partial charge on any atom is -0.491 e. The summed E-state index contributed by atoms with van der Waals surface area (Å²) in [5, 5.41) is 22.3. The molecule has 0 unspecified atom stereocenters. The maximum atomic E-state index is 10.1. The molecule has 1 aromatic carbocycles. The molecular weight excluding hydrogens is 518 g/mol. The Morgan fingerprint density at radius 2 is 1.97 bits per heavy atom. The average molecular weight is 552 g/mol. The molecule has 11 heteroatoms. The van der Waals surface area contributed by atoms with E-state index in [1.54, 1.807) is 19.2 Å². The predicted molar refractivity (Wildman–Crippen MR) is 150 cm³/mol. The Labute approximate surface area is 233 Å². The lowest BCUT2D eigenvalue weighted by atomic mass is 10.0. The quantitative estimate of drug-likeness (QED) is 0.307. The van der Waals surface area contributed by atoms with Crippen molar-refractivity contribution in [2.45, 2.75) is 59.9 Å². The van der Waals surface area contributed by atoms with E-state index < -0.39 is 6.10 Å². The molecule has 0 saturated heterocycles. The second kappa shape index (κ2) is 11.0. The fourth-order valence-electron chi connectivity index (χ4n) is 5.02. The van der Waals surface area contributed by atoms with E-state index in [1.165, 1.54) is 11.3 Å². The highest BCUT2D eigenvalue weighted by Crippen LogP contribution is 2.39. The molecule has 3 aromatic heterocycles. The number of nitrogens with zero attached hydrogens (tertiary/aromatic N) is 6. The van der Waals surface area contributed by atoms with Crippen LogP contribution < -0.4 is 15.0 Å². The molecule has 0 bridgehead atoms. The fourth-order valence-corrected chi connectivity index (χ4v) is 5.22. The number of aliphatic hydroxyl groups excluding tert-OH is 1. The predicted octanol–water partition coefficient (Wildman–Crippen LogP) is 4.63. The summed E-state index contributed by atoms with van der Waals surface area (Å²) in [4.78, 5) is 12.3. The Balaban J connectivity index is 1.60. The van der Waals surface area contributed by atoms with E-state index in [1.807, 2.05) is 33.0 Å². The molecule has 0 amide bonds. The van der Waals surface area contributed by atoms with Crippen LogP contribution in [0, 0.1) is 20.8 Å². The number of aromatic nitrogens is 5. The number of aryl methyl sites for hydroxylation is 2. The Bertz CT molecular complexity index is 1480. The summed E-state index contributed by atoms with van der Waals surface area (Å²) in [5.74, 6) is 2.54. The Morgan fingerprint density at radius 3 is 2.67 bits per heavy atom. The summed E-state index contributed by atoms with van der Waals surface area (Å²) in [6.07, 6.45) is 1.31. The molecule has 2 N–H and O–H groups in total. The molecule has 206 valence electrons. The largest absolute Gasteiger partial charge is 0.491 e. The van der Waals surface area contributed by atoms with Crippen molar-refractivity contribution in [2.24, 2.45) is 0 Å². The molecule has 0 radical (unpaired) electrons. The minimum absolute atomic E-state index is 0.144. The molecule has 1 aliphatic heterocycles. The van der Waals surface area contributed by atoms with E-state index in [0.717, 1.165) is 28.3 Å². The van der Waals surface area contributed by atoms with Crippen LogP contribution in [-0.4, -0.2) is 56.3 Å². The number of halogens is 1. The summed E-state index contributed by atoms with van der Waals surface area (Å²) in [7, 11) is 1.78. The summed E-state index contributed by atoms with van der Waals surface area (Å²) < 4.78 is 13.4. The van der Waals surface area contributed by atoms with Crippen molar-refractivity contribution in [3.63, 3.8) is 0 Å². The lowest BCUT2D eigenvalue weighted by Crippen LogP contribution is -2.29. The van der Waals surface area contributed by atoms with Crippen molar-refractivity contribution in [3.8, 4) is 28.4 Å². The van der Waals surface area contributed by atoms with E-state index in [-0.39, 0.29) is 12.6 Å². The van der Waals surface area contributed by atoms with Gasteiger partial charge in [-0.25, -0.2) is 9.97 Å². The average Bonchev–Trinajstić information content (AvgIpc) is 3.58. The van der Waals surface area contributed by atoms with Gasteiger partial charge < -0.3 is 24.6 Å². The first-order valence-electron chi connectivity index (χ1n) is 13.0. The molecule has 0 aliphatic carbocycles. The van der Waals surface area contributed by atoms with Gasteiger partial charge in [-0.2, -0.15) is 5.10 Å². The van der Waals surface area contributed by atoms with E-state index in [2.05, 4.69) is 39.0 Å². The molecule has 1 aliphatic rings. The highest BCUT2D eigenvalue weighted by Gasteiger charge is 2.29. The van der Waals surface area contributed by atoms with Crippen molar-refractivity contribution < 1.29 is 14.4 Å². The molecule has 0 spiro atoms. The third kappa shape index (κ3) is 5.24. The van der Waals surface area contributed by atoms with Gasteiger partial charge in [-0.1, -0.05) is 16.8 Å². The van der Waals surface area contributed by atoms with Crippen LogP contribution in [0.3, 0.4) is 0 Å². The SMILES string of the molecule is CNC[C@@H](O)COc1ccc(Cl)c(-c2nc(-c3c(C)noc3C)c(C)c(N3Cc4cnn(C(C)C)c4C3)n2)c1. The number of ether oxygens (including phenoxy) is 1. The van der Waals surface area contributed by atoms with Gasteiger partial charge in [0.2, 0.25) is 0 Å². The van der Waals surface area contributed by atoms with Crippen LogP contribution in [0.25, 0.3) is 22.6 Å². The highest BCUT2D eigenvalue weighted by molar-refractivity contribution is 6.33. The first-order valence-corrected chi connectivity index (χ1v) is 13.4. The van der Waals surface area contributed by atoms with Crippen LogP contribution in [0.15, 0.2) is 28.9 Å². The molecule has 0 fully saturated rings. The van der Waals surface area contributed by atoms with E-state index in [0.29, 0.717) is 47.6 Å². The Kier molecular flexibility index (Phi) is 7.61. The summed E-state index contributed by atoms with van der Waals surface area (Å²) >= 11 is 6.69. The highest BCUT2D eigenvalue weighted by atomic mass is 35.5. The Morgan fingerprint density at radius 1 is 1.18 bits per heavy atom. The van der Waals surface area contributed by atoms with Gasteiger partial charge in [0.15, 0.2) is 5.82 Å². The summed E-state index contributed by atoms with van der Waals surface area (Å²) in [5.41, 5.74) is 6.30. The molecule has 4 aromatic rings. The van der Waals surface area contributed by atoms with Crippen molar-refractivity contribution in [2.75, 3.05) is 25.1 Å². The lowest BCUT2D eigenvalue weighted by molar-refractivity contribution is 0.108. The number of hydrogen-bond acceptors (Lipinski definition) is 9. The number of benzene rings is 1. The topological polar surface area (TPSA) is 114 Å². The first kappa shape index (κ1) is 27.1. The van der Waals surface area contributed by atoms with Crippen molar-refractivity contribution in [3.05, 3.63) is 57.7 Å². The third-order valence-electron chi connectivity index (χ3n) is 6.93. The fraction of sp³-hybridized carbons (Fsp3) is 0.429. The van der Waals surface area contributed by atoms with Gasteiger partial charge in [0, 0.05) is 35.8 Å². The lowest BCUT2D eigenvalue weighted by Gasteiger charge is -2.22. The van der Waals surface area contributed by atoms with E-state index in [9.17, 15) is 5.11 Å². The number of nitrogens with one attached hydrogen (secondary N) is 1. The van der Waals surface area contributed by atoms with Gasteiger partial charge in [-0.15, -0.1) is 0 Å². The van der Waals surface area contributed by atoms with E-state index >= 15 is 0 Å². The van der Waals surface area contributed by atoms with Gasteiger partial charge in [-0.3, -0.25) is 4.68 Å². The van der Waals surface area contributed by atoms with Gasteiger partial charge in [-0.05, 0) is 59.9 Å². The number of aliphatic hydroxyl groups is 1. The van der Waals surface area contributed by atoms with Crippen molar-refractivity contribution >= 4 is 17.4 Å². The molecule has 39 heavy (non-hydrogen) atoms. The van der Waals surface area contributed by atoms with Gasteiger partial charge in [0.25, 0.3) is 0 Å². The van der Waals surface area contributed by atoms with Crippen LogP contribution in [0.2, 0.25) is 5.02 Å². The molecule has 4 heterocycles. The molecule has 10 nitrogen and oxygen atoms in total.